The molecule has 3 heteroatoms. The van der Waals surface area contributed by atoms with Gasteiger partial charge in [-0.25, -0.2) is 0 Å². The van der Waals surface area contributed by atoms with Gasteiger partial charge < -0.3 is 15.1 Å². The van der Waals surface area contributed by atoms with Gasteiger partial charge in [0.15, 0.2) is 0 Å². The number of aliphatic hydroxyl groups excluding tert-OH is 2. The second-order valence-electron chi connectivity index (χ2n) is 4.84. The third-order valence-electron chi connectivity index (χ3n) is 3.36. The van der Waals surface area contributed by atoms with E-state index in [4.69, 9.17) is 0 Å². The summed E-state index contributed by atoms with van der Waals surface area (Å²) in [5.41, 5.74) is 2.15. The lowest BCUT2D eigenvalue weighted by atomic mass is 10.0. The number of aliphatic hydroxyl groups is 2. The van der Waals surface area contributed by atoms with Crippen molar-refractivity contribution in [2.75, 3.05) is 18.0 Å². The maximum Gasteiger partial charge on any atom is 0.0810 e. The van der Waals surface area contributed by atoms with Crippen LogP contribution in [0.5, 0.6) is 0 Å². The highest BCUT2D eigenvalue weighted by Crippen LogP contribution is 2.32. The van der Waals surface area contributed by atoms with Gasteiger partial charge in [0.05, 0.1) is 12.2 Å². The molecule has 2 N–H and O–H groups in total. The molecule has 3 nitrogen and oxygen atoms in total. The van der Waals surface area contributed by atoms with Gasteiger partial charge >= 0.3 is 0 Å². The highest BCUT2D eigenvalue weighted by Gasteiger charge is 2.20. The van der Waals surface area contributed by atoms with Crippen LogP contribution in [0, 0.1) is 0 Å². The minimum Gasteiger partial charge on any atom is -0.393 e. The van der Waals surface area contributed by atoms with Gasteiger partial charge in [-0.2, -0.15) is 0 Å². The number of benzene rings is 1. The minimum atomic E-state index is -0.345. The van der Waals surface area contributed by atoms with Crippen molar-refractivity contribution in [3.63, 3.8) is 0 Å². The zero-order valence-electron chi connectivity index (χ0n) is 10.3. The van der Waals surface area contributed by atoms with Crippen LogP contribution in [-0.2, 0) is 0 Å². The van der Waals surface area contributed by atoms with E-state index >= 15 is 0 Å². The first-order chi connectivity index (χ1) is 8.18. The van der Waals surface area contributed by atoms with Crippen LogP contribution in [0.1, 0.15) is 37.9 Å². The molecular formula is C14H21NO2. The average molecular weight is 235 g/mol. The molecule has 1 aliphatic heterocycles. The summed E-state index contributed by atoms with van der Waals surface area (Å²) in [7, 11) is 0. The van der Waals surface area contributed by atoms with Crippen molar-refractivity contribution >= 4 is 5.69 Å². The third-order valence-corrected chi connectivity index (χ3v) is 3.36. The van der Waals surface area contributed by atoms with E-state index in [1.807, 2.05) is 25.1 Å². The Balaban J connectivity index is 2.19. The summed E-state index contributed by atoms with van der Waals surface area (Å²) in [6.45, 7) is 3.63. The molecule has 0 bridgehead atoms. The van der Waals surface area contributed by atoms with E-state index in [0.717, 1.165) is 43.6 Å². The first-order valence-corrected chi connectivity index (χ1v) is 6.38. The van der Waals surface area contributed by atoms with Gasteiger partial charge in [-0.3, -0.25) is 0 Å². The van der Waals surface area contributed by atoms with Gasteiger partial charge in [-0.05, 0) is 32.3 Å². The normalized spacial score (nSPS) is 21.8. The number of rotatable bonds is 3. The third kappa shape index (κ3) is 2.99. The lowest BCUT2D eigenvalue weighted by Gasteiger charge is -2.25. The zero-order valence-corrected chi connectivity index (χ0v) is 10.3. The lowest BCUT2D eigenvalue weighted by molar-refractivity contribution is 0.168. The van der Waals surface area contributed by atoms with Crippen molar-refractivity contribution in [3.05, 3.63) is 29.8 Å². The summed E-state index contributed by atoms with van der Waals surface area (Å²) in [6, 6.07) is 8.04. The van der Waals surface area contributed by atoms with Gasteiger partial charge in [0.25, 0.3) is 0 Å². The van der Waals surface area contributed by atoms with Gasteiger partial charge in [-0.1, -0.05) is 18.2 Å². The summed E-state index contributed by atoms with van der Waals surface area (Å²) >= 11 is 0. The van der Waals surface area contributed by atoms with Crippen LogP contribution >= 0.6 is 0 Å². The van der Waals surface area contributed by atoms with Crippen LogP contribution in [0.3, 0.4) is 0 Å². The first-order valence-electron chi connectivity index (χ1n) is 6.38. The molecule has 0 aromatic heterocycles. The van der Waals surface area contributed by atoms with E-state index in [1.54, 1.807) is 0 Å². The van der Waals surface area contributed by atoms with E-state index in [0.29, 0.717) is 0 Å². The maximum atomic E-state index is 10.1. The molecule has 0 saturated heterocycles. The number of anilines is 1. The van der Waals surface area contributed by atoms with Crippen LogP contribution in [0.15, 0.2) is 24.3 Å². The molecule has 0 amide bonds. The molecule has 1 heterocycles. The largest absolute Gasteiger partial charge is 0.393 e. The second kappa shape index (κ2) is 5.52. The Hall–Kier alpha value is -1.06. The molecular weight excluding hydrogens is 214 g/mol. The fourth-order valence-corrected chi connectivity index (χ4v) is 2.38. The van der Waals surface area contributed by atoms with Gasteiger partial charge in [0.1, 0.15) is 0 Å². The second-order valence-corrected chi connectivity index (χ2v) is 4.84. The molecule has 2 atom stereocenters. The SMILES string of the molecule is CC(O)CCN1CCCC(O)c2ccccc21. The van der Waals surface area contributed by atoms with Crippen molar-refractivity contribution in [2.45, 2.75) is 38.4 Å². The van der Waals surface area contributed by atoms with Crippen molar-refractivity contribution in [1.82, 2.24) is 0 Å². The molecule has 1 aromatic rings. The molecule has 0 aliphatic carbocycles. The van der Waals surface area contributed by atoms with Crippen LogP contribution < -0.4 is 4.90 Å². The van der Waals surface area contributed by atoms with Crippen LogP contribution in [0.25, 0.3) is 0 Å². The number of para-hydroxylation sites is 1. The molecule has 2 unspecified atom stereocenters. The summed E-state index contributed by atoms with van der Waals surface area (Å²) < 4.78 is 0. The molecule has 2 rings (SSSR count). The predicted molar refractivity (Wildman–Crippen MR) is 69.1 cm³/mol. The Morgan fingerprint density at radius 2 is 2.18 bits per heavy atom. The Morgan fingerprint density at radius 1 is 1.41 bits per heavy atom. The quantitative estimate of drug-likeness (QED) is 0.843. The highest BCUT2D eigenvalue weighted by molar-refractivity contribution is 5.55. The lowest BCUT2D eigenvalue weighted by Crippen LogP contribution is -2.27. The molecule has 1 aliphatic rings. The van der Waals surface area contributed by atoms with Crippen molar-refractivity contribution in [1.29, 1.82) is 0 Å². The summed E-state index contributed by atoms with van der Waals surface area (Å²) in [4.78, 5) is 2.28. The summed E-state index contributed by atoms with van der Waals surface area (Å²) in [5.74, 6) is 0. The highest BCUT2D eigenvalue weighted by atomic mass is 16.3. The number of hydrogen-bond acceptors (Lipinski definition) is 3. The van der Waals surface area contributed by atoms with Crippen molar-refractivity contribution < 1.29 is 10.2 Å². The van der Waals surface area contributed by atoms with Crippen LogP contribution in [-0.4, -0.2) is 29.4 Å². The monoisotopic (exact) mass is 235 g/mol. The van der Waals surface area contributed by atoms with Gasteiger partial charge in [0.2, 0.25) is 0 Å². The standard InChI is InChI=1S/C14H21NO2/c1-11(16)8-10-15-9-4-7-14(17)12-5-2-3-6-13(12)15/h2-3,5-6,11,14,16-17H,4,7-10H2,1H3. The first kappa shape index (κ1) is 12.4. The predicted octanol–water partition coefficient (Wildman–Crippen LogP) is 2.09. The summed E-state index contributed by atoms with van der Waals surface area (Å²) in [5, 5.41) is 19.4. The Morgan fingerprint density at radius 3 is 2.94 bits per heavy atom. The Bertz CT molecular complexity index is 365. The van der Waals surface area contributed by atoms with Crippen molar-refractivity contribution in [3.8, 4) is 0 Å². The molecule has 0 saturated carbocycles. The number of hydrogen-bond donors (Lipinski definition) is 2. The fourth-order valence-electron chi connectivity index (χ4n) is 2.38. The van der Waals surface area contributed by atoms with Gasteiger partial charge in [0, 0.05) is 24.3 Å². The molecule has 0 spiro atoms. The average Bonchev–Trinajstić information content (AvgIpc) is 2.47. The Labute approximate surface area is 103 Å². The molecule has 1 aromatic carbocycles. The zero-order chi connectivity index (χ0) is 12.3. The topological polar surface area (TPSA) is 43.7 Å². The summed E-state index contributed by atoms with van der Waals surface area (Å²) in [6.07, 6.45) is 1.97. The molecule has 17 heavy (non-hydrogen) atoms. The minimum absolute atomic E-state index is 0.268. The number of fused-ring (bicyclic) bond motifs is 1. The maximum absolute atomic E-state index is 10.1. The molecule has 94 valence electrons. The van der Waals surface area contributed by atoms with Crippen LogP contribution in [0.2, 0.25) is 0 Å². The van der Waals surface area contributed by atoms with E-state index in [-0.39, 0.29) is 12.2 Å². The van der Waals surface area contributed by atoms with E-state index in [1.165, 1.54) is 0 Å². The van der Waals surface area contributed by atoms with E-state index in [9.17, 15) is 10.2 Å². The van der Waals surface area contributed by atoms with Gasteiger partial charge in [-0.15, -0.1) is 0 Å². The van der Waals surface area contributed by atoms with E-state index < -0.39 is 0 Å². The Kier molecular flexibility index (Phi) is 4.02. The smallest absolute Gasteiger partial charge is 0.0810 e. The van der Waals surface area contributed by atoms with E-state index in [2.05, 4.69) is 11.0 Å². The molecule has 0 radical (unpaired) electrons. The molecule has 0 fully saturated rings. The van der Waals surface area contributed by atoms with Crippen LogP contribution in [0.4, 0.5) is 5.69 Å². The van der Waals surface area contributed by atoms with Crippen molar-refractivity contribution in [2.24, 2.45) is 0 Å². The number of nitrogens with zero attached hydrogens (tertiary/aromatic N) is 1. The fraction of sp³-hybridized carbons (Fsp3) is 0.571.